The summed E-state index contributed by atoms with van der Waals surface area (Å²) in [5.41, 5.74) is 0. The van der Waals surface area contributed by atoms with Crippen LogP contribution in [0.1, 0.15) is 51.9 Å². The number of aliphatic carboxylic acids is 1. The molecule has 0 saturated heterocycles. The van der Waals surface area contributed by atoms with Crippen molar-refractivity contribution >= 4 is 11.9 Å². The lowest BCUT2D eigenvalue weighted by Gasteiger charge is -2.16. The molecule has 2 aliphatic rings. The van der Waals surface area contributed by atoms with Crippen molar-refractivity contribution in [3.8, 4) is 0 Å². The molecule has 0 radical (unpaired) electrons. The van der Waals surface area contributed by atoms with Gasteiger partial charge in [-0.1, -0.05) is 26.2 Å². The average molecular weight is 297 g/mol. The fourth-order valence-corrected chi connectivity index (χ4v) is 3.62. The zero-order valence-corrected chi connectivity index (χ0v) is 12.8. The van der Waals surface area contributed by atoms with Gasteiger partial charge in [-0.3, -0.25) is 9.59 Å². The van der Waals surface area contributed by atoms with Crippen LogP contribution in [0, 0.1) is 17.8 Å². The second-order valence-corrected chi connectivity index (χ2v) is 6.37. The molecule has 1 amide bonds. The maximum absolute atomic E-state index is 12.2. The van der Waals surface area contributed by atoms with E-state index in [1.807, 2.05) is 0 Å². The van der Waals surface area contributed by atoms with Crippen LogP contribution in [-0.4, -0.2) is 36.2 Å². The van der Waals surface area contributed by atoms with E-state index in [1.165, 1.54) is 12.8 Å². The molecule has 0 aromatic carbocycles. The van der Waals surface area contributed by atoms with E-state index in [2.05, 4.69) is 12.2 Å². The van der Waals surface area contributed by atoms with E-state index in [0.717, 1.165) is 19.3 Å². The molecule has 0 heterocycles. The zero-order valence-electron chi connectivity index (χ0n) is 12.8. The Labute approximate surface area is 126 Å². The predicted octanol–water partition coefficient (Wildman–Crippen LogP) is 2.20. The number of nitrogens with one attached hydrogen (secondary N) is 1. The molecule has 5 nitrogen and oxygen atoms in total. The van der Waals surface area contributed by atoms with Gasteiger partial charge in [-0.25, -0.2) is 0 Å². The molecule has 2 N–H and O–H groups in total. The molecule has 120 valence electrons. The van der Waals surface area contributed by atoms with Gasteiger partial charge in [-0.05, 0) is 31.6 Å². The van der Waals surface area contributed by atoms with Crippen LogP contribution in [0.3, 0.4) is 0 Å². The van der Waals surface area contributed by atoms with E-state index in [4.69, 9.17) is 4.74 Å². The highest BCUT2D eigenvalue weighted by atomic mass is 16.5. The number of hydrogen-bond donors (Lipinski definition) is 2. The van der Waals surface area contributed by atoms with Gasteiger partial charge in [-0.2, -0.15) is 0 Å². The molecule has 2 rings (SSSR count). The number of rotatable bonds is 7. The molecule has 2 saturated carbocycles. The molecule has 0 bridgehead atoms. The Kier molecular flexibility index (Phi) is 6.03. The predicted molar refractivity (Wildman–Crippen MR) is 78.8 cm³/mol. The number of carboxylic acids is 1. The van der Waals surface area contributed by atoms with Crippen molar-refractivity contribution in [2.75, 3.05) is 13.2 Å². The van der Waals surface area contributed by atoms with Crippen LogP contribution >= 0.6 is 0 Å². The minimum absolute atomic E-state index is 0.117. The smallest absolute Gasteiger partial charge is 0.307 e. The molecule has 3 unspecified atom stereocenters. The largest absolute Gasteiger partial charge is 0.481 e. The summed E-state index contributed by atoms with van der Waals surface area (Å²) in [6, 6.07) is 0. The lowest BCUT2D eigenvalue weighted by molar-refractivity contribution is -0.146. The Bertz CT molecular complexity index is 365. The van der Waals surface area contributed by atoms with Crippen LogP contribution in [0.25, 0.3) is 0 Å². The van der Waals surface area contributed by atoms with Crippen molar-refractivity contribution in [3.63, 3.8) is 0 Å². The Morgan fingerprint density at radius 3 is 2.48 bits per heavy atom. The summed E-state index contributed by atoms with van der Waals surface area (Å²) < 4.78 is 5.70. The fraction of sp³-hybridized carbons (Fsp3) is 0.875. The third kappa shape index (κ3) is 4.43. The maximum atomic E-state index is 12.2. The molecule has 0 aromatic heterocycles. The molecule has 0 aliphatic heterocycles. The van der Waals surface area contributed by atoms with Crippen molar-refractivity contribution in [2.24, 2.45) is 17.8 Å². The van der Waals surface area contributed by atoms with Crippen LogP contribution < -0.4 is 5.32 Å². The van der Waals surface area contributed by atoms with Crippen LogP contribution in [0.4, 0.5) is 0 Å². The second kappa shape index (κ2) is 7.78. The molecular formula is C16H27NO4. The van der Waals surface area contributed by atoms with Crippen LogP contribution in [0.2, 0.25) is 0 Å². The van der Waals surface area contributed by atoms with E-state index in [0.29, 0.717) is 38.0 Å². The maximum Gasteiger partial charge on any atom is 0.307 e. The first-order valence-electron chi connectivity index (χ1n) is 8.24. The zero-order chi connectivity index (χ0) is 15.2. The number of carboxylic acid groups (broad SMARTS) is 1. The fourth-order valence-electron chi connectivity index (χ4n) is 3.62. The van der Waals surface area contributed by atoms with Gasteiger partial charge in [-0.15, -0.1) is 0 Å². The van der Waals surface area contributed by atoms with Crippen molar-refractivity contribution in [1.82, 2.24) is 5.32 Å². The van der Waals surface area contributed by atoms with Crippen molar-refractivity contribution < 1.29 is 19.4 Å². The van der Waals surface area contributed by atoms with Crippen molar-refractivity contribution in [3.05, 3.63) is 0 Å². The van der Waals surface area contributed by atoms with E-state index in [-0.39, 0.29) is 11.8 Å². The summed E-state index contributed by atoms with van der Waals surface area (Å²) in [6.45, 7) is 3.06. The van der Waals surface area contributed by atoms with Crippen molar-refractivity contribution in [1.29, 1.82) is 0 Å². The second-order valence-electron chi connectivity index (χ2n) is 6.37. The number of carbonyl (C=O) groups is 2. The summed E-state index contributed by atoms with van der Waals surface area (Å²) in [7, 11) is 0. The summed E-state index contributed by atoms with van der Waals surface area (Å²) in [4.78, 5) is 23.5. The van der Waals surface area contributed by atoms with Gasteiger partial charge in [0.25, 0.3) is 0 Å². The quantitative estimate of drug-likeness (QED) is 0.706. The molecule has 2 fully saturated rings. The first-order chi connectivity index (χ1) is 10.1. The standard InChI is InChI=1S/C16H27NO4/c1-2-11-9-13(14(10-11)16(19)20)15(18)17-7-8-21-12-5-3-4-6-12/h11-14H,2-10H2,1H3,(H,17,18)(H,19,20). The first-order valence-corrected chi connectivity index (χ1v) is 8.24. The first kappa shape index (κ1) is 16.3. The average Bonchev–Trinajstić information content (AvgIpc) is 3.12. The third-order valence-electron chi connectivity index (χ3n) is 4.95. The van der Waals surface area contributed by atoms with E-state index < -0.39 is 11.9 Å². The van der Waals surface area contributed by atoms with E-state index in [9.17, 15) is 14.7 Å². The van der Waals surface area contributed by atoms with Gasteiger partial charge in [0.2, 0.25) is 5.91 Å². The highest BCUT2D eigenvalue weighted by Gasteiger charge is 2.41. The molecule has 21 heavy (non-hydrogen) atoms. The normalized spacial score (nSPS) is 29.7. The lowest BCUT2D eigenvalue weighted by Crippen LogP contribution is -2.37. The number of ether oxygens (including phenoxy) is 1. The molecule has 5 heteroatoms. The number of carbonyl (C=O) groups excluding carboxylic acids is 1. The van der Waals surface area contributed by atoms with Gasteiger partial charge in [0.1, 0.15) is 0 Å². The van der Waals surface area contributed by atoms with Gasteiger partial charge in [0, 0.05) is 6.54 Å². The number of hydrogen-bond acceptors (Lipinski definition) is 3. The summed E-state index contributed by atoms with van der Waals surface area (Å²) in [5, 5.41) is 12.1. The van der Waals surface area contributed by atoms with Crippen LogP contribution in [0.5, 0.6) is 0 Å². The highest BCUT2D eigenvalue weighted by molar-refractivity contribution is 5.85. The van der Waals surface area contributed by atoms with E-state index >= 15 is 0 Å². The molecule has 3 atom stereocenters. The monoisotopic (exact) mass is 297 g/mol. The SMILES string of the molecule is CCC1CC(C(=O)O)C(C(=O)NCCOC2CCCC2)C1. The van der Waals surface area contributed by atoms with Crippen LogP contribution in [0.15, 0.2) is 0 Å². The highest BCUT2D eigenvalue weighted by Crippen LogP contribution is 2.38. The molecule has 0 aromatic rings. The van der Waals surface area contributed by atoms with Gasteiger partial charge >= 0.3 is 5.97 Å². The van der Waals surface area contributed by atoms with Gasteiger partial charge < -0.3 is 15.2 Å². The van der Waals surface area contributed by atoms with Crippen LogP contribution in [-0.2, 0) is 14.3 Å². The minimum Gasteiger partial charge on any atom is -0.481 e. The molecular weight excluding hydrogens is 270 g/mol. The summed E-state index contributed by atoms with van der Waals surface area (Å²) in [5.74, 6) is -1.50. The molecule has 2 aliphatic carbocycles. The third-order valence-corrected chi connectivity index (χ3v) is 4.95. The Morgan fingerprint density at radius 2 is 1.86 bits per heavy atom. The van der Waals surface area contributed by atoms with Gasteiger partial charge in [0.15, 0.2) is 0 Å². The van der Waals surface area contributed by atoms with E-state index in [1.54, 1.807) is 0 Å². The number of amides is 1. The lowest BCUT2D eigenvalue weighted by atomic mass is 9.95. The van der Waals surface area contributed by atoms with Gasteiger partial charge in [0.05, 0.1) is 24.5 Å². The Balaban J connectivity index is 1.72. The summed E-state index contributed by atoms with van der Waals surface area (Å²) in [6.07, 6.45) is 7.33. The minimum atomic E-state index is -0.840. The Hall–Kier alpha value is -1.10. The summed E-state index contributed by atoms with van der Waals surface area (Å²) >= 11 is 0. The Morgan fingerprint density at radius 1 is 1.19 bits per heavy atom. The van der Waals surface area contributed by atoms with Crippen molar-refractivity contribution in [2.45, 2.75) is 58.0 Å². The topological polar surface area (TPSA) is 75.6 Å². The molecule has 0 spiro atoms.